The molecule has 0 unspecified atom stereocenters. The second kappa shape index (κ2) is 17.6. The molecule has 0 saturated carbocycles. The minimum absolute atomic E-state index is 0.591. The van der Waals surface area contributed by atoms with Crippen LogP contribution in [0.25, 0.3) is 177 Å². The van der Waals surface area contributed by atoms with Crippen LogP contribution in [0.3, 0.4) is 0 Å². The lowest BCUT2D eigenvalue weighted by molar-refractivity contribution is 1.07. The van der Waals surface area contributed by atoms with Gasteiger partial charge in [-0.25, -0.2) is 15.0 Å². The van der Waals surface area contributed by atoms with Crippen LogP contribution in [-0.2, 0) is 0 Å². The number of hydrogen-bond acceptors (Lipinski definition) is 6. The molecule has 84 heavy (non-hydrogen) atoms. The summed E-state index contributed by atoms with van der Waals surface area (Å²) in [6.45, 7) is 0. The molecular formula is C75H42N6S3. The molecule has 390 valence electrons. The van der Waals surface area contributed by atoms with Crippen LogP contribution in [0.4, 0.5) is 0 Å². The molecule has 0 saturated heterocycles. The van der Waals surface area contributed by atoms with E-state index in [1.165, 1.54) is 92.8 Å². The van der Waals surface area contributed by atoms with Crippen LogP contribution >= 0.6 is 34.0 Å². The van der Waals surface area contributed by atoms with Gasteiger partial charge in [-0.15, -0.1) is 34.0 Å². The van der Waals surface area contributed by atoms with Crippen LogP contribution < -0.4 is 0 Å². The Morgan fingerprint density at radius 2 is 0.488 bits per heavy atom. The second-order valence-electron chi connectivity index (χ2n) is 21.9. The summed E-state index contributed by atoms with van der Waals surface area (Å²) >= 11 is 5.55. The van der Waals surface area contributed by atoms with Gasteiger partial charge in [-0.3, -0.25) is 0 Å². The van der Waals surface area contributed by atoms with Crippen LogP contribution in [0, 0.1) is 0 Å². The maximum atomic E-state index is 5.48. The minimum Gasteiger partial charge on any atom is -0.309 e. The zero-order valence-corrected chi connectivity index (χ0v) is 47.1. The molecule has 0 aliphatic heterocycles. The van der Waals surface area contributed by atoms with Gasteiger partial charge in [0.2, 0.25) is 0 Å². The van der Waals surface area contributed by atoms with Gasteiger partial charge in [0.05, 0.1) is 33.1 Å². The smallest absolute Gasteiger partial charge is 0.164 e. The molecule has 12 aromatic carbocycles. The van der Waals surface area contributed by atoms with E-state index in [2.05, 4.69) is 268 Å². The van der Waals surface area contributed by atoms with Crippen molar-refractivity contribution >= 4 is 160 Å². The van der Waals surface area contributed by atoms with E-state index in [4.69, 9.17) is 15.0 Å². The van der Waals surface area contributed by atoms with Gasteiger partial charge in [0, 0.05) is 127 Å². The first kappa shape index (κ1) is 46.3. The Morgan fingerprint density at radius 1 is 0.202 bits per heavy atom. The molecule has 6 nitrogen and oxygen atoms in total. The number of rotatable bonds is 6. The fourth-order valence-electron chi connectivity index (χ4n) is 13.5. The normalized spacial score (nSPS) is 12.3. The van der Waals surface area contributed by atoms with Crippen molar-refractivity contribution < 1.29 is 0 Å². The summed E-state index contributed by atoms with van der Waals surface area (Å²) in [5.74, 6) is 1.77. The van der Waals surface area contributed by atoms with E-state index in [1.807, 2.05) is 34.0 Å². The monoisotopic (exact) mass is 1120 g/mol. The van der Waals surface area contributed by atoms with Gasteiger partial charge in [-0.1, -0.05) is 146 Å². The van der Waals surface area contributed by atoms with Crippen molar-refractivity contribution in [2.45, 2.75) is 0 Å². The molecule has 0 aliphatic carbocycles. The summed E-state index contributed by atoms with van der Waals surface area (Å²) in [6, 6.07) is 93.0. The third-order valence-corrected chi connectivity index (χ3v) is 20.6. The molecule has 0 fully saturated rings. The van der Waals surface area contributed by atoms with Crippen molar-refractivity contribution in [3.05, 3.63) is 255 Å². The Morgan fingerprint density at radius 3 is 0.810 bits per heavy atom. The van der Waals surface area contributed by atoms with E-state index in [0.29, 0.717) is 17.5 Å². The first-order chi connectivity index (χ1) is 41.6. The lowest BCUT2D eigenvalue weighted by Gasteiger charge is -2.13. The first-order valence-corrected chi connectivity index (χ1v) is 30.7. The molecule has 9 heteroatoms. The Labute approximate surface area is 491 Å². The predicted octanol–water partition coefficient (Wildman–Crippen LogP) is 21.3. The van der Waals surface area contributed by atoms with Gasteiger partial charge >= 0.3 is 0 Å². The number of aromatic nitrogens is 6. The molecule has 7 aromatic heterocycles. The summed E-state index contributed by atoms with van der Waals surface area (Å²) in [4.78, 5) is 16.5. The Balaban J connectivity index is 0.813. The SMILES string of the molecule is c1cc(-c2nc(-c3cccc(-n4c5ccccc5c5cc6c(cc54)sc4ccccc46)c3)nc(-c3cccc(-n4c5ccccc5c5cc6c(cc54)sc4ccccc46)c3)n2)cc(-n2c3ccccc3c3cc4c(cc32)sc2ccccc24)c1. The third kappa shape index (κ3) is 6.79. The van der Waals surface area contributed by atoms with Gasteiger partial charge < -0.3 is 13.7 Å². The number of para-hydroxylation sites is 3. The molecule has 0 aliphatic rings. The van der Waals surface area contributed by atoms with Crippen LogP contribution in [0.15, 0.2) is 255 Å². The highest BCUT2D eigenvalue weighted by Crippen LogP contribution is 2.45. The number of fused-ring (bicyclic) bond motifs is 18. The van der Waals surface area contributed by atoms with Crippen molar-refractivity contribution in [3.8, 4) is 51.2 Å². The van der Waals surface area contributed by atoms with E-state index in [-0.39, 0.29) is 0 Å². The van der Waals surface area contributed by atoms with Crippen molar-refractivity contribution in [3.63, 3.8) is 0 Å². The third-order valence-electron chi connectivity index (χ3n) is 17.2. The second-order valence-corrected chi connectivity index (χ2v) is 25.2. The van der Waals surface area contributed by atoms with E-state index < -0.39 is 0 Å². The molecule has 7 heterocycles. The standard InChI is InChI=1S/C75H42N6S3/c1-7-28-61-49(22-1)55-37-58-52-25-4-10-31-67(52)82-70(58)40-64(55)79(61)46-19-13-16-43(34-46)73-76-74(44-17-14-20-47(35-44)80-62-29-8-2-23-50(62)56-38-59-53-26-5-11-32-68(53)83-71(59)41-65(56)80)78-75(77-73)45-18-15-21-48(36-45)81-63-30-9-3-24-51(63)57-39-60-54-27-6-12-33-69(54)84-72(60)42-66(57)81/h1-42H. The Kier molecular flexibility index (Phi) is 9.71. The molecule has 0 amide bonds. The van der Waals surface area contributed by atoms with Gasteiger partial charge in [0.15, 0.2) is 17.5 Å². The molecule has 0 radical (unpaired) electrons. The van der Waals surface area contributed by atoms with E-state index in [1.54, 1.807) is 0 Å². The molecular weight excluding hydrogens is 1080 g/mol. The summed E-state index contributed by atoms with van der Waals surface area (Å²) < 4.78 is 14.9. The fraction of sp³-hybridized carbons (Fsp3) is 0. The van der Waals surface area contributed by atoms with Gasteiger partial charge in [0.25, 0.3) is 0 Å². The maximum absolute atomic E-state index is 5.48. The first-order valence-electron chi connectivity index (χ1n) is 28.2. The largest absolute Gasteiger partial charge is 0.309 e. The van der Waals surface area contributed by atoms with Gasteiger partial charge in [-0.05, 0) is 109 Å². The molecule has 0 N–H and O–H groups in total. The number of benzene rings is 12. The Hall–Kier alpha value is -10.3. The summed E-state index contributed by atoms with van der Waals surface area (Å²) in [5.41, 5.74) is 12.7. The van der Waals surface area contributed by atoms with Crippen LogP contribution in [0.2, 0.25) is 0 Å². The highest BCUT2D eigenvalue weighted by molar-refractivity contribution is 7.26. The zero-order chi connectivity index (χ0) is 54.7. The van der Waals surface area contributed by atoms with Gasteiger partial charge in [-0.2, -0.15) is 0 Å². The predicted molar refractivity (Wildman–Crippen MR) is 358 cm³/mol. The van der Waals surface area contributed by atoms with Crippen LogP contribution in [0.1, 0.15) is 0 Å². The topological polar surface area (TPSA) is 53.5 Å². The average Bonchev–Trinajstić information content (AvgIpc) is 2.90. The maximum Gasteiger partial charge on any atom is 0.164 e. The quantitative estimate of drug-likeness (QED) is 0.167. The lowest BCUT2D eigenvalue weighted by Crippen LogP contribution is -2.02. The summed E-state index contributed by atoms with van der Waals surface area (Å²) in [5, 5.41) is 15.1. The van der Waals surface area contributed by atoms with Crippen molar-refractivity contribution in [1.29, 1.82) is 0 Å². The van der Waals surface area contributed by atoms with Crippen molar-refractivity contribution in [1.82, 2.24) is 28.7 Å². The number of nitrogens with zero attached hydrogens (tertiary/aromatic N) is 6. The Bertz CT molecular complexity index is 5430. The van der Waals surface area contributed by atoms with E-state index in [0.717, 1.165) is 66.9 Å². The van der Waals surface area contributed by atoms with Crippen molar-refractivity contribution in [2.75, 3.05) is 0 Å². The fourth-order valence-corrected chi connectivity index (χ4v) is 16.9. The zero-order valence-electron chi connectivity index (χ0n) is 44.7. The average molecular weight is 1120 g/mol. The molecule has 0 atom stereocenters. The molecule has 0 bridgehead atoms. The summed E-state index contributed by atoms with van der Waals surface area (Å²) in [6.07, 6.45) is 0. The van der Waals surface area contributed by atoms with Crippen LogP contribution in [0.5, 0.6) is 0 Å². The minimum atomic E-state index is 0.591. The highest BCUT2D eigenvalue weighted by Gasteiger charge is 2.22. The summed E-state index contributed by atoms with van der Waals surface area (Å²) in [7, 11) is 0. The highest BCUT2D eigenvalue weighted by atomic mass is 32.1. The van der Waals surface area contributed by atoms with Crippen molar-refractivity contribution in [2.24, 2.45) is 0 Å². The van der Waals surface area contributed by atoms with E-state index in [9.17, 15) is 0 Å². The van der Waals surface area contributed by atoms with E-state index >= 15 is 0 Å². The number of thiophene rings is 3. The molecule has 19 rings (SSSR count). The number of hydrogen-bond donors (Lipinski definition) is 0. The van der Waals surface area contributed by atoms with Gasteiger partial charge in [0.1, 0.15) is 0 Å². The molecule has 0 spiro atoms. The lowest BCUT2D eigenvalue weighted by atomic mass is 10.1. The molecule has 19 aromatic rings. The van der Waals surface area contributed by atoms with Crippen LogP contribution in [-0.4, -0.2) is 28.7 Å².